The van der Waals surface area contributed by atoms with E-state index in [1.54, 1.807) is 6.92 Å². The van der Waals surface area contributed by atoms with Crippen LogP contribution in [-0.2, 0) is 5.60 Å². The van der Waals surface area contributed by atoms with Gasteiger partial charge in [0.2, 0.25) is 0 Å². The molecule has 1 nitrogen and oxygen atoms in total. The van der Waals surface area contributed by atoms with E-state index >= 15 is 0 Å². The lowest BCUT2D eigenvalue weighted by Gasteiger charge is -2.27. The van der Waals surface area contributed by atoms with Crippen molar-refractivity contribution in [2.24, 2.45) is 5.92 Å². The van der Waals surface area contributed by atoms with E-state index in [0.29, 0.717) is 0 Å². The van der Waals surface area contributed by atoms with Gasteiger partial charge in [-0.1, -0.05) is 12.0 Å². The molecule has 0 fully saturated rings. The van der Waals surface area contributed by atoms with Crippen LogP contribution in [0.3, 0.4) is 0 Å². The van der Waals surface area contributed by atoms with Crippen LogP contribution >= 0.6 is 11.6 Å². The largest absolute Gasteiger partial charge is 0.384 e. The predicted octanol–water partition coefficient (Wildman–Crippen LogP) is 3.01. The zero-order valence-electron chi connectivity index (χ0n) is 8.89. The topological polar surface area (TPSA) is 20.2 Å². The second kappa shape index (κ2) is 4.82. The highest BCUT2D eigenvalue weighted by atomic mass is 35.5. The highest BCUT2D eigenvalue weighted by Crippen LogP contribution is 2.31. The molecule has 0 aromatic heterocycles. The lowest BCUT2D eigenvalue weighted by atomic mass is 9.84. The van der Waals surface area contributed by atoms with Crippen LogP contribution in [0.5, 0.6) is 0 Å². The second-order valence-corrected chi connectivity index (χ2v) is 3.92. The highest BCUT2D eigenvalue weighted by molar-refractivity contribution is 6.30. The molecule has 0 radical (unpaired) electrons. The number of halogens is 3. The van der Waals surface area contributed by atoms with Crippen LogP contribution in [0.2, 0.25) is 0 Å². The Hall–Kier alpha value is -1.11. The molecule has 1 aromatic carbocycles. The predicted molar refractivity (Wildman–Crippen MR) is 58.7 cm³/mol. The minimum Gasteiger partial charge on any atom is -0.384 e. The molecule has 0 aliphatic rings. The van der Waals surface area contributed by atoms with Gasteiger partial charge in [0, 0.05) is 17.0 Å². The third-order valence-electron chi connectivity index (χ3n) is 2.59. The molecule has 1 aromatic rings. The fraction of sp³-hybridized carbons (Fsp3) is 0.333. The van der Waals surface area contributed by atoms with E-state index in [4.69, 9.17) is 11.6 Å². The van der Waals surface area contributed by atoms with Gasteiger partial charge in [-0.3, -0.25) is 0 Å². The first-order chi connectivity index (χ1) is 7.39. The Morgan fingerprint density at radius 2 is 2.06 bits per heavy atom. The third-order valence-corrected chi connectivity index (χ3v) is 2.70. The van der Waals surface area contributed by atoms with Gasteiger partial charge in [0.15, 0.2) is 0 Å². The molecule has 16 heavy (non-hydrogen) atoms. The molecule has 1 rings (SSSR count). The maximum Gasteiger partial charge on any atom is 0.132 e. The Morgan fingerprint density at radius 3 is 2.56 bits per heavy atom. The number of rotatable bonds is 2. The second-order valence-electron chi connectivity index (χ2n) is 3.73. The fourth-order valence-corrected chi connectivity index (χ4v) is 1.52. The molecule has 0 heterocycles. The summed E-state index contributed by atoms with van der Waals surface area (Å²) < 4.78 is 26.2. The molecule has 0 amide bonds. The van der Waals surface area contributed by atoms with Crippen LogP contribution in [0.4, 0.5) is 8.78 Å². The van der Waals surface area contributed by atoms with Crippen molar-refractivity contribution in [3.63, 3.8) is 0 Å². The Balaban J connectivity index is 3.19. The minimum atomic E-state index is -1.51. The summed E-state index contributed by atoms with van der Waals surface area (Å²) in [5.74, 6) is 0.481. The monoisotopic (exact) mass is 244 g/mol. The first-order valence-electron chi connectivity index (χ1n) is 4.68. The van der Waals surface area contributed by atoms with Crippen molar-refractivity contribution in [1.29, 1.82) is 0 Å². The number of hydrogen-bond donors (Lipinski definition) is 1. The molecule has 0 saturated heterocycles. The summed E-state index contributed by atoms with van der Waals surface area (Å²) in [5.41, 5.74) is -1.51. The van der Waals surface area contributed by atoms with Gasteiger partial charge in [0.1, 0.15) is 17.2 Å². The van der Waals surface area contributed by atoms with Crippen molar-refractivity contribution in [1.82, 2.24) is 0 Å². The lowest BCUT2D eigenvalue weighted by Crippen LogP contribution is -2.30. The van der Waals surface area contributed by atoms with Crippen molar-refractivity contribution in [2.45, 2.75) is 19.4 Å². The molecule has 0 aliphatic heterocycles. The fourth-order valence-electron chi connectivity index (χ4n) is 1.36. The molecule has 0 saturated carbocycles. The SMILES string of the molecule is C[C@@H](C#CCl)[C@@](C)(O)c1ccc(F)cc1F. The van der Waals surface area contributed by atoms with E-state index in [0.717, 1.165) is 12.1 Å². The van der Waals surface area contributed by atoms with Gasteiger partial charge in [-0.25, -0.2) is 8.78 Å². The van der Waals surface area contributed by atoms with E-state index in [1.807, 2.05) is 0 Å². The summed E-state index contributed by atoms with van der Waals surface area (Å²) in [4.78, 5) is 0. The average Bonchev–Trinajstić information content (AvgIpc) is 2.17. The van der Waals surface area contributed by atoms with Crippen LogP contribution in [0.25, 0.3) is 0 Å². The van der Waals surface area contributed by atoms with E-state index in [-0.39, 0.29) is 5.56 Å². The van der Waals surface area contributed by atoms with E-state index in [9.17, 15) is 13.9 Å². The van der Waals surface area contributed by atoms with E-state index in [1.165, 1.54) is 13.0 Å². The Kier molecular flexibility index (Phi) is 3.90. The molecular formula is C12H11ClF2O. The van der Waals surface area contributed by atoms with Crippen molar-refractivity contribution >= 4 is 11.6 Å². The highest BCUT2D eigenvalue weighted by Gasteiger charge is 2.32. The first kappa shape index (κ1) is 13.0. The van der Waals surface area contributed by atoms with Gasteiger partial charge in [-0.15, -0.1) is 0 Å². The van der Waals surface area contributed by atoms with Gasteiger partial charge < -0.3 is 5.11 Å². The summed E-state index contributed by atoms with van der Waals surface area (Å²) in [5, 5.41) is 12.3. The van der Waals surface area contributed by atoms with Gasteiger partial charge >= 0.3 is 0 Å². The standard InChI is InChI=1S/C12H11ClF2O/c1-8(5-6-13)12(2,16)10-4-3-9(14)7-11(10)15/h3-4,7-8,16H,1-2H3/t8-,12+/m0/s1. The van der Waals surface area contributed by atoms with Crippen molar-refractivity contribution in [3.8, 4) is 11.3 Å². The quantitative estimate of drug-likeness (QED) is 0.793. The maximum absolute atomic E-state index is 13.5. The molecular weight excluding hydrogens is 234 g/mol. The lowest BCUT2D eigenvalue weighted by molar-refractivity contribution is 0.0204. The van der Waals surface area contributed by atoms with Crippen LogP contribution in [0, 0.1) is 28.9 Å². The number of hydrogen-bond acceptors (Lipinski definition) is 1. The Morgan fingerprint density at radius 1 is 1.44 bits per heavy atom. The molecule has 0 aliphatic carbocycles. The van der Waals surface area contributed by atoms with Gasteiger partial charge in [0.25, 0.3) is 0 Å². The summed E-state index contributed by atoms with van der Waals surface area (Å²) in [7, 11) is 0. The maximum atomic E-state index is 13.5. The zero-order chi connectivity index (χ0) is 12.3. The minimum absolute atomic E-state index is 0.000756. The molecule has 86 valence electrons. The van der Waals surface area contributed by atoms with Crippen LogP contribution in [0.15, 0.2) is 18.2 Å². The van der Waals surface area contributed by atoms with Crippen molar-refractivity contribution < 1.29 is 13.9 Å². The number of benzene rings is 1. The van der Waals surface area contributed by atoms with Crippen molar-refractivity contribution in [3.05, 3.63) is 35.4 Å². The van der Waals surface area contributed by atoms with Crippen LogP contribution in [-0.4, -0.2) is 5.11 Å². The molecule has 0 bridgehead atoms. The smallest absolute Gasteiger partial charge is 0.132 e. The third kappa shape index (κ3) is 2.52. The molecule has 0 unspecified atom stereocenters. The van der Waals surface area contributed by atoms with Gasteiger partial charge in [-0.05, 0) is 31.5 Å². The van der Waals surface area contributed by atoms with Gasteiger partial charge in [0.05, 0.1) is 5.92 Å². The Labute approximate surface area is 98.0 Å². The first-order valence-corrected chi connectivity index (χ1v) is 5.06. The van der Waals surface area contributed by atoms with Crippen LogP contribution in [0.1, 0.15) is 19.4 Å². The molecule has 4 heteroatoms. The molecule has 0 spiro atoms. The summed E-state index contributed by atoms with van der Waals surface area (Å²) in [6, 6.07) is 3.02. The summed E-state index contributed by atoms with van der Waals surface area (Å²) in [6.07, 6.45) is 0. The van der Waals surface area contributed by atoms with E-state index < -0.39 is 23.2 Å². The normalized spacial score (nSPS) is 15.9. The molecule has 1 N–H and O–H groups in total. The van der Waals surface area contributed by atoms with E-state index in [2.05, 4.69) is 11.3 Å². The van der Waals surface area contributed by atoms with Gasteiger partial charge in [-0.2, -0.15) is 0 Å². The van der Waals surface area contributed by atoms with Crippen LogP contribution < -0.4 is 0 Å². The average molecular weight is 245 g/mol. The molecule has 2 atom stereocenters. The Bertz CT molecular complexity index is 446. The summed E-state index contributed by atoms with van der Waals surface area (Å²) in [6.45, 7) is 3.02. The zero-order valence-corrected chi connectivity index (χ0v) is 9.65. The number of aliphatic hydroxyl groups is 1. The van der Waals surface area contributed by atoms with Crippen molar-refractivity contribution in [2.75, 3.05) is 0 Å². The summed E-state index contributed by atoms with van der Waals surface area (Å²) >= 11 is 5.23.